The summed E-state index contributed by atoms with van der Waals surface area (Å²) in [5, 5.41) is 2.63. The first-order valence-electron chi connectivity index (χ1n) is 6.35. The lowest BCUT2D eigenvalue weighted by Gasteiger charge is -2.14. The topological polar surface area (TPSA) is 55.1 Å². The largest absolute Gasteiger partial charge is 0.354 e. The number of nitrogens with two attached hydrogens (primary N) is 1. The monoisotopic (exact) mass is 270 g/mol. The van der Waals surface area contributed by atoms with Crippen LogP contribution in [0.15, 0.2) is 18.2 Å². The lowest BCUT2D eigenvalue weighted by molar-refractivity contribution is -0.120. The van der Waals surface area contributed by atoms with E-state index in [-0.39, 0.29) is 23.9 Å². The molecule has 1 amide bonds. The molecule has 0 spiro atoms. The van der Waals surface area contributed by atoms with E-state index < -0.39 is 11.6 Å². The second kappa shape index (κ2) is 7.19. The second-order valence-electron chi connectivity index (χ2n) is 5.08. The SMILES string of the molecule is CC(C)CC(N)CNC(=O)Cc1cccc(F)c1F. The normalized spacial score (nSPS) is 12.5. The molecule has 3 N–H and O–H groups in total. The van der Waals surface area contributed by atoms with Gasteiger partial charge in [-0.25, -0.2) is 8.78 Å². The number of carbonyl (C=O) groups excluding carboxylic acids is 1. The molecule has 0 bridgehead atoms. The van der Waals surface area contributed by atoms with E-state index in [1.54, 1.807) is 0 Å². The number of hydrogen-bond acceptors (Lipinski definition) is 2. The summed E-state index contributed by atoms with van der Waals surface area (Å²) in [6.45, 7) is 4.43. The molecule has 0 aliphatic rings. The maximum Gasteiger partial charge on any atom is 0.224 e. The molecular weight excluding hydrogens is 250 g/mol. The standard InChI is InChI=1S/C14H20F2N2O/c1-9(2)6-11(17)8-18-13(19)7-10-4-3-5-12(15)14(10)16/h3-5,9,11H,6-8,17H2,1-2H3,(H,18,19). The molecule has 106 valence electrons. The lowest BCUT2D eigenvalue weighted by Crippen LogP contribution is -2.38. The third kappa shape index (κ3) is 5.34. The Kier molecular flexibility index (Phi) is 5.89. The van der Waals surface area contributed by atoms with E-state index in [2.05, 4.69) is 5.32 Å². The van der Waals surface area contributed by atoms with Gasteiger partial charge in [0.05, 0.1) is 6.42 Å². The van der Waals surface area contributed by atoms with Crippen LogP contribution in [0, 0.1) is 17.6 Å². The molecular formula is C14H20F2N2O. The van der Waals surface area contributed by atoms with E-state index in [0.29, 0.717) is 12.5 Å². The van der Waals surface area contributed by atoms with Gasteiger partial charge in [0.2, 0.25) is 5.91 Å². The average molecular weight is 270 g/mol. The highest BCUT2D eigenvalue weighted by Crippen LogP contribution is 2.11. The summed E-state index contributed by atoms with van der Waals surface area (Å²) >= 11 is 0. The fraction of sp³-hybridized carbons (Fsp3) is 0.500. The first-order valence-corrected chi connectivity index (χ1v) is 6.35. The van der Waals surface area contributed by atoms with Crippen LogP contribution in [0.4, 0.5) is 8.78 Å². The van der Waals surface area contributed by atoms with Gasteiger partial charge >= 0.3 is 0 Å². The van der Waals surface area contributed by atoms with Crippen molar-refractivity contribution in [2.45, 2.75) is 32.7 Å². The Hall–Kier alpha value is -1.49. The summed E-state index contributed by atoms with van der Waals surface area (Å²) in [6, 6.07) is 3.67. The predicted molar refractivity (Wildman–Crippen MR) is 70.5 cm³/mol. The molecule has 0 radical (unpaired) electrons. The molecule has 1 atom stereocenters. The van der Waals surface area contributed by atoms with Crippen LogP contribution in [0.2, 0.25) is 0 Å². The quantitative estimate of drug-likeness (QED) is 0.830. The highest BCUT2D eigenvalue weighted by Gasteiger charge is 2.12. The Morgan fingerprint density at radius 2 is 2.05 bits per heavy atom. The van der Waals surface area contributed by atoms with Gasteiger partial charge in [0.25, 0.3) is 0 Å². The van der Waals surface area contributed by atoms with Gasteiger partial charge in [-0.05, 0) is 18.4 Å². The van der Waals surface area contributed by atoms with Crippen molar-refractivity contribution in [1.29, 1.82) is 0 Å². The van der Waals surface area contributed by atoms with Crippen LogP contribution < -0.4 is 11.1 Å². The Balaban J connectivity index is 2.45. The van der Waals surface area contributed by atoms with E-state index in [4.69, 9.17) is 5.73 Å². The summed E-state index contributed by atoms with van der Waals surface area (Å²) in [5.41, 5.74) is 5.87. The Morgan fingerprint density at radius 3 is 2.68 bits per heavy atom. The van der Waals surface area contributed by atoms with Crippen molar-refractivity contribution in [2.75, 3.05) is 6.54 Å². The first kappa shape index (κ1) is 15.6. The Morgan fingerprint density at radius 1 is 1.37 bits per heavy atom. The summed E-state index contributed by atoms with van der Waals surface area (Å²) in [4.78, 5) is 11.6. The number of halogens is 2. The molecule has 0 fully saturated rings. The van der Waals surface area contributed by atoms with Gasteiger partial charge in [0.1, 0.15) is 0 Å². The molecule has 0 heterocycles. The van der Waals surface area contributed by atoms with Crippen molar-refractivity contribution in [3.63, 3.8) is 0 Å². The average Bonchev–Trinajstić information content (AvgIpc) is 2.32. The van der Waals surface area contributed by atoms with Gasteiger partial charge in [-0.2, -0.15) is 0 Å². The van der Waals surface area contributed by atoms with Gasteiger partial charge in [-0.3, -0.25) is 4.79 Å². The van der Waals surface area contributed by atoms with Crippen molar-refractivity contribution >= 4 is 5.91 Å². The van der Waals surface area contributed by atoms with Crippen LogP contribution in [-0.2, 0) is 11.2 Å². The van der Waals surface area contributed by atoms with Crippen LogP contribution >= 0.6 is 0 Å². The van der Waals surface area contributed by atoms with E-state index in [9.17, 15) is 13.6 Å². The van der Waals surface area contributed by atoms with E-state index >= 15 is 0 Å². The van der Waals surface area contributed by atoms with Gasteiger partial charge in [-0.15, -0.1) is 0 Å². The molecule has 0 aliphatic carbocycles. The maximum absolute atomic E-state index is 13.4. The van der Waals surface area contributed by atoms with Crippen LogP contribution in [0.5, 0.6) is 0 Å². The van der Waals surface area contributed by atoms with Gasteiger partial charge in [0.15, 0.2) is 11.6 Å². The molecule has 1 aromatic rings. The molecule has 1 unspecified atom stereocenters. The van der Waals surface area contributed by atoms with Gasteiger partial charge < -0.3 is 11.1 Å². The second-order valence-corrected chi connectivity index (χ2v) is 5.08. The summed E-state index contributed by atoms with van der Waals surface area (Å²) < 4.78 is 26.3. The lowest BCUT2D eigenvalue weighted by atomic mass is 10.0. The van der Waals surface area contributed by atoms with Crippen molar-refractivity contribution < 1.29 is 13.6 Å². The van der Waals surface area contributed by atoms with Crippen LogP contribution in [0.1, 0.15) is 25.8 Å². The Bertz CT molecular complexity index is 435. The molecule has 0 aromatic heterocycles. The number of amides is 1. The van der Waals surface area contributed by atoms with E-state index in [0.717, 1.165) is 12.5 Å². The number of hydrogen-bond donors (Lipinski definition) is 2. The number of rotatable bonds is 6. The molecule has 1 aromatic carbocycles. The van der Waals surface area contributed by atoms with Gasteiger partial charge in [0, 0.05) is 18.2 Å². The molecule has 1 rings (SSSR count). The zero-order valence-corrected chi connectivity index (χ0v) is 11.2. The van der Waals surface area contributed by atoms with Crippen LogP contribution in [0.3, 0.4) is 0 Å². The van der Waals surface area contributed by atoms with Crippen molar-refractivity contribution in [3.8, 4) is 0 Å². The third-order valence-electron chi connectivity index (χ3n) is 2.72. The summed E-state index contributed by atoms with van der Waals surface area (Å²) in [5.74, 6) is -1.82. The fourth-order valence-electron chi connectivity index (χ4n) is 1.85. The van der Waals surface area contributed by atoms with Gasteiger partial charge in [-0.1, -0.05) is 26.0 Å². The molecule has 3 nitrogen and oxygen atoms in total. The summed E-state index contributed by atoms with van der Waals surface area (Å²) in [6.07, 6.45) is 0.618. The molecule has 0 saturated heterocycles. The zero-order valence-electron chi connectivity index (χ0n) is 11.2. The van der Waals surface area contributed by atoms with E-state index in [1.165, 1.54) is 12.1 Å². The third-order valence-corrected chi connectivity index (χ3v) is 2.72. The highest BCUT2D eigenvalue weighted by atomic mass is 19.2. The predicted octanol–water partition coefficient (Wildman–Crippen LogP) is 2.00. The minimum atomic E-state index is -0.968. The summed E-state index contributed by atoms with van der Waals surface area (Å²) in [7, 11) is 0. The van der Waals surface area contributed by atoms with Crippen LogP contribution in [-0.4, -0.2) is 18.5 Å². The molecule has 5 heteroatoms. The van der Waals surface area contributed by atoms with Crippen molar-refractivity contribution in [1.82, 2.24) is 5.32 Å². The Labute approximate surface area is 112 Å². The first-order chi connectivity index (χ1) is 8.90. The molecule has 0 aliphatic heterocycles. The minimum absolute atomic E-state index is 0.0509. The number of nitrogens with one attached hydrogen (secondary N) is 1. The number of benzene rings is 1. The maximum atomic E-state index is 13.4. The smallest absolute Gasteiger partial charge is 0.224 e. The molecule has 0 saturated carbocycles. The highest BCUT2D eigenvalue weighted by molar-refractivity contribution is 5.78. The number of carbonyl (C=O) groups is 1. The molecule has 19 heavy (non-hydrogen) atoms. The van der Waals surface area contributed by atoms with Crippen LogP contribution in [0.25, 0.3) is 0 Å². The fourth-order valence-corrected chi connectivity index (χ4v) is 1.85. The van der Waals surface area contributed by atoms with Crippen molar-refractivity contribution in [2.24, 2.45) is 11.7 Å². The van der Waals surface area contributed by atoms with Crippen molar-refractivity contribution in [3.05, 3.63) is 35.4 Å². The minimum Gasteiger partial charge on any atom is -0.354 e. The zero-order chi connectivity index (χ0) is 14.4. The van der Waals surface area contributed by atoms with E-state index in [1.807, 2.05) is 13.8 Å².